The molecule has 0 aromatic rings. The molecule has 1 aliphatic rings. The van der Waals surface area contributed by atoms with E-state index < -0.39 is 9.84 Å². The van der Waals surface area contributed by atoms with Gasteiger partial charge in [-0.15, -0.1) is 0 Å². The van der Waals surface area contributed by atoms with E-state index in [4.69, 9.17) is 5.73 Å². The summed E-state index contributed by atoms with van der Waals surface area (Å²) >= 11 is 0. The third-order valence-electron chi connectivity index (χ3n) is 3.75. The van der Waals surface area contributed by atoms with Gasteiger partial charge in [0.15, 0.2) is 0 Å². The van der Waals surface area contributed by atoms with Gasteiger partial charge in [0.25, 0.3) is 0 Å². The van der Waals surface area contributed by atoms with Gasteiger partial charge in [0.05, 0.1) is 0 Å². The predicted octanol–water partition coefficient (Wildman–Crippen LogP) is 2.11. The van der Waals surface area contributed by atoms with Crippen LogP contribution < -0.4 is 5.73 Å². The number of rotatable bonds is 5. The van der Waals surface area contributed by atoms with Crippen molar-refractivity contribution >= 4 is 9.84 Å². The zero-order valence-electron chi connectivity index (χ0n) is 10.5. The van der Waals surface area contributed by atoms with Gasteiger partial charge in [0.2, 0.25) is 0 Å². The molecule has 2 N–H and O–H groups in total. The van der Waals surface area contributed by atoms with Crippen molar-refractivity contribution in [2.24, 2.45) is 11.7 Å². The maximum absolute atomic E-state index is 11.1. The molecule has 0 saturated heterocycles. The first-order valence-electron chi connectivity index (χ1n) is 6.31. The summed E-state index contributed by atoms with van der Waals surface area (Å²) < 4.78 is 22.1. The van der Waals surface area contributed by atoms with E-state index >= 15 is 0 Å². The molecule has 1 aliphatic carbocycles. The lowest BCUT2D eigenvalue weighted by Gasteiger charge is -2.38. The summed E-state index contributed by atoms with van der Waals surface area (Å²) in [6, 6.07) is 0. The van der Waals surface area contributed by atoms with E-state index in [0.717, 1.165) is 25.2 Å². The average molecular weight is 247 g/mol. The second-order valence-corrected chi connectivity index (χ2v) is 7.73. The van der Waals surface area contributed by atoms with Crippen LogP contribution in [0.1, 0.15) is 51.9 Å². The molecular formula is C12H25NO2S. The van der Waals surface area contributed by atoms with E-state index in [-0.39, 0.29) is 11.3 Å². The normalized spacial score (nSPS) is 31.6. The van der Waals surface area contributed by atoms with Gasteiger partial charge >= 0.3 is 0 Å². The Labute approximate surface area is 99.7 Å². The molecule has 16 heavy (non-hydrogen) atoms. The Kier molecular flexibility index (Phi) is 4.80. The van der Waals surface area contributed by atoms with Crippen LogP contribution in [-0.2, 0) is 9.84 Å². The quantitative estimate of drug-likeness (QED) is 0.809. The average Bonchev–Trinajstić information content (AvgIpc) is 2.15. The Bertz CT molecular complexity index is 313. The van der Waals surface area contributed by atoms with Gasteiger partial charge < -0.3 is 5.73 Å². The van der Waals surface area contributed by atoms with Crippen molar-refractivity contribution in [1.29, 1.82) is 0 Å². The zero-order chi connectivity index (χ0) is 12.2. The molecule has 1 fully saturated rings. The van der Waals surface area contributed by atoms with Crippen molar-refractivity contribution in [2.45, 2.75) is 57.4 Å². The fraction of sp³-hybridized carbons (Fsp3) is 1.00. The maximum Gasteiger partial charge on any atom is 0.147 e. The molecule has 96 valence electrons. The van der Waals surface area contributed by atoms with Crippen LogP contribution in [0.15, 0.2) is 0 Å². The molecule has 0 aromatic heterocycles. The van der Waals surface area contributed by atoms with E-state index in [2.05, 4.69) is 6.92 Å². The van der Waals surface area contributed by atoms with Crippen LogP contribution in [0.25, 0.3) is 0 Å². The van der Waals surface area contributed by atoms with E-state index in [0.29, 0.717) is 6.42 Å². The van der Waals surface area contributed by atoms with E-state index in [1.54, 1.807) is 0 Å². The van der Waals surface area contributed by atoms with Crippen molar-refractivity contribution in [3.8, 4) is 0 Å². The molecule has 0 amide bonds. The third-order valence-corrected chi connectivity index (χ3v) is 4.78. The highest BCUT2D eigenvalue weighted by molar-refractivity contribution is 7.90. The zero-order valence-corrected chi connectivity index (χ0v) is 11.4. The Morgan fingerprint density at radius 3 is 2.69 bits per heavy atom. The molecule has 1 rings (SSSR count). The van der Waals surface area contributed by atoms with Crippen molar-refractivity contribution in [3.05, 3.63) is 0 Å². The first kappa shape index (κ1) is 14.0. The second-order valence-electron chi connectivity index (χ2n) is 5.47. The maximum atomic E-state index is 11.1. The van der Waals surface area contributed by atoms with Crippen LogP contribution in [0.5, 0.6) is 0 Å². The minimum Gasteiger partial charge on any atom is -0.325 e. The molecule has 0 aliphatic heterocycles. The molecule has 4 heteroatoms. The molecule has 0 bridgehead atoms. The fourth-order valence-corrected chi connectivity index (χ4v) is 3.45. The molecule has 3 nitrogen and oxygen atoms in total. The molecule has 2 unspecified atom stereocenters. The fourth-order valence-electron chi connectivity index (χ4n) is 2.78. The predicted molar refractivity (Wildman–Crippen MR) is 68.1 cm³/mol. The first-order chi connectivity index (χ1) is 7.35. The van der Waals surface area contributed by atoms with Gasteiger partial charge in [-0.2, -0.15) is 0 Å². The highest BCUT2D eigenvalue weighted by Crippen LogP contribution is 2.35. The largest absolute Gasteiger partial charge is 0.325 e. The summed E-state index contributed by atoms with van der Waals surface area (Å²) in [5.41, 5.74) is 6.27. The van der Waals surface area contributed by atoms with E-state index in [1.807, 2.05) is 0 Å². The summed E-state index contributed by atoms with van der Waals surface area (Å²) in [5.74, 6) is 1.03. The Morgan fingerprint density at radius 2 is 2.12 bits per heavy atom. The highest BCUT2D eigenvalue weighted by Gasteiger charge is 2.31. The van der Waals surface area contributed by atoms with E-state index in [9.17, 15) is 8.42 Å². The minimum absolute atomic E-state index is 0.0936. The highest BCUT2D eigenvalue weighted by atomic mass is 32.2. The van der Waals surface area contributed by atoms with Gasteiger partial charge in [-0.1, -0.05) is 26.2 Å². The lowest BCUT2D eigenvalue weighted by molar-refractivity contribution is 0.207. The van der Waals surface area contributed by atoms with Gasteiger partial charge in [0, 0.05) is 17.5 Å². The monoisotopic (exact) mass is 247 g/mol. The summed E-state index contributed by atoms with van der Waals surface area (Å²) in [5, 5.41) is 0. The summed E-state index contributed by atoms with van der Waals surface area (Å²) in [6.45, 7) is 2.22. The molecule has 0 radical (unpaired) electrons. The third kappa shape index (κ3) is 4.83. The van der Waals surface area contributed by atoms with Crippen molar-refractivity contribution in [3.63, 3.8) is 0 Å². The summed E-state index contributed by atoms with van der Waals surface area (Å²) in [4.78, 5) is 0. The Balaban J connectivity index is 2.39. The summed E-state index contributed by atoms with van der Waals surface area (Å²) in [7, 11) is -2.83. The van der Waals surface area contributed by atoms with Gasteiger partial charge in [0.1, 0.15) is 9.84 Å². The van der Waals surface area contributed by atoms with Crippen LogP contribution >= 0.6 is 0 Å². The van der Waals surface area contributed by atoms with Gasteiger partial charge in [-0.25, -0.2) is 8.42 Å². The molecule has 0 heterocycles. The van der Waals surface area contributed by atoms with Crippen molar-refractivity contribution < 1.29 is 8.42 Å². The molecule has 2 atom stereocenters. The first-order valence-corrected chi connectivity index (χ1v) is 8.37. The van der Waals surface area contributed by atoms with Crippen LogP contribution in [-0.4, -0.2) is 26.0 Å². The molecule has 0 aromatic carbocycles. The van der Waals surface area contributed by atoms with Crippen LogP contribution in [0.4, 0.5) is 0 Å². The van der Waals surface area contributed by atoms with Gasteiger partial charge in [-0.05, 0) is 31.6 Å². The topological polar surface area (TPSA) is 60.2 Å². The SMILES string of the molecule is CCC1CCCC(N)(CCCS(C)(=O)=O)C1. The van der Waals surface area contributed by atoms with Crippen LogP contribution in [0.2, 0.25) is 0 Å². The van der Waals surface area contributed by atoms with Crippen LogP contribution in [0.3, 0.4) is 0 Å². The number of sulfone groups is 1. The standard InChI is InChI=1S/C12H25NO2S/c1-3-11-6-4-7-12(13,10-11)8-5-9-16(2,14)15/h11H,3-10,13H2,1-2H3. The van der Waals surface area contributed by atoms with Crippen LogP contribution in [0, 0.1) is 5.92 Å². The molecule has 1 saturated carbocycles. The van der Waals surface area contributed by atoms with E-state index in [1.165, 1.54) is 25.5 Å². The second kappa shape index (κ2) is 5.50. The Hall–Kier alpha value is -0.0900. The van der Waals surface area contributed by atoms with Crippen molar-refractivity contribution in [2.75, 3.05) is 12.0 Å². The smallest absolute Gasteiger partial charge is 0.147 e. The van der Waals surface area contributed by atoms with Gasteiger partial charge in [-0.3, -0.25) is 0 Å². The molecule has 0 spiro atoms. The molecular weight excluding hydrogens is 222 g/mol. The Morgan fingerprint density at radius 1 is 1.44 bits per heavy atom. The lowest BCUT2D eigenvalue weighted by Crippen LogP contribution is -2.44. The summed E-state index contributed by atoms with van der Waals surface area (Å²) in [6.07, 6.45) is 8.70. The number of nitrogens with two attached hydrogens (primary N) is 1. The lowest BCUT2D eigenvalue weighted by atomic mass is 9.73. The minimum atomic E-state index is -2.83. The number of hydrogen-bond donors (Lipinski definition) is 1. The number of hydrogen-bond acceptors (Lipinski definition) is 3. The van der Waals surface area contributed by atoms with Crippen molar-refractivity contribution in [1.82, 2.24) is 0 Å².